The number of rotatable bonds is 8. The highest BCUT2D eigenvalue weighted by atomic mass is 32.2. The van der Waals surface area contributed by atoms with E-state index in [0.29, 0.717) is 17.5 Å². The summed E-state index contributed by atoms with van der Waals surface area (Å²) < 4.78 is 1.84. The Labute approximate surface area is 181 Å². The molecular weight excluding hydrogens is 420 g/mol. The summed E-state index contributed by atoms with van der Waals surface area (Å²) in [5.74, 6) is -0.385. The number of aromatic nitrogens is 3. The second-order valence-electron chi connectivity index (χ2n) is 6.17. The molecule has 0 atom stereocenters. The summed E-state index contributed by atoms with van der Waals surface area (Å²) in [7, 11) is 0. The summed E-state index contributed by atoms with van der Waals surface area (Å²) >= 11 is 1.17. The molecule has 0 aliphatic rings. The molecule has 0 bridgehead atoms. The molecule has 31 heavy (non-hydrogen) atoms. The summed E-state index contributed by atoms with van der Waals surface area (Å²) in [5.41, 5.74) is 5.52. The lowest BCUT2D eigenvalue weighted by molar-refractivity contribution is -0.384. The highest BCUT2D eigenvalue weighted by Crippen LogP contribution is 2.23. The Bertz CT molecular complexity index is 1100. The van der Waals surface area contributed by atoms with Crippen molar-refractivity contribution in [2.75, 3.05) is 5.75 Å². The van der Waals surface area contributed by atoms with Crippen molar-refractivity contribution >= 4 is 29.3 Å². The Hall–Kier alpha value is -3.99. The van der Waals surface area contributed by atoms with Gasteiger partial charge in [0.1, 0.15) is 0 Å². The molecule has 0 fully saturated rings. The molecule has 10 nitrogen and oxygen atoms in total. The van der Waals surface area contributed by atoms with Gasteiger partial charge in [-0.25, -0.2) is 0 Å². The largest absolute Gasteiger partial charge is 0.298 e. The quantitative estimate of drug-likeness (QED) is 0.239. The first-order valence-electron chi connectivity index (χ1n) is 9.05. The molecule has 2 amide bonds. The minimum absolute atomic E-state index is 0.00932. The van der Waals surface area contributed by atoms with Crippen molar-refractivity contribution < 1.29 is 14.5 Å². The van der Waals surface area contributed by atoms with Crippen molar-refractivity contribution in [2.24, 2.45) is 0 Å². The third-order valence-electron chi connectivity index (χ3n) is 4.05. The number of hydrogen-bond acceptors (Lipinski definition) is 7. The number of nitrogens with zero attached hydrogens (tertiary/aromatic N) is 4. The first-order chi connectivity index (χ1) is 15.0. The number of nitro benzene ring substituents is 1. The third-order valence-corrected chi connectivity index (χ3v) is 5.02. The Morgan fingerprint density at radius 2 is 1.81 bits per heavy atom. The van der Waals surface area contributed by atoms with Gasteiger partial charge in [-0.3, -0.25) is 35.1 Å². The third kappa shape index (κ3) is 5.54. The zero-order valence-electron chi connectivity index (χ0n) is 16.2. The lowest BCUT2D eigenvalue weighted by Crippen LogP contribution is -2.42. The second kappa shape index (κ2) is 10.2. The number of carbonyl (C=O) groups excluding carboxylic acids is 2. The van der Waals surface area contributed by atoms with Gasteiger partial charge in [0.2, 0.25) is 5.91 Å². The maximum atomic E-state index is 12.1. The summed E-state index contributed by atoms with van der Waals surface area (Å²) in [4.78, 5) is 34.3. The van der Waals surface area contributed by atoms with Crippen molar-refractivity contribution in [3.8, 4) is 11.4 Å². The van der Waals surface area contributed by atoms with E-state index in [1.54, 1.807) is 6.08 Å². The average molecular weight is 438 g/mol. The molecule has 0 saturated heterocycles. The predicted octanol–water partition coefficient (Wildman–Crippen LogP) is 2.59. The number of nitrogens with one attached hydrogen (secondary N) is 2. The lowest BCUT2D eigenvalue weighted by Gasteiger charge is -2.09. The molecule has 3 rings (SSSR count). The van der Waals surface area contributed by atoms with Crippen molar-refractivity contribution in [3.63, 3.8) is 0 Å². The van der Waals surface area contributed by atoms with Gasteiger partial charge in [-0.05, 0) is 12.1 Å². The van der Waals surface area contributed by atoms with Crippen LogP contribution in [-0.2, 0) is 11.3 Å². The Kier molecular flexibility index (Phi) is 7.12. The molecule has 0 aliphatic heterocycles. The van der Waals surface area contributed by atoms with Gasteiger partial charge < -0.3 is 0 Å². The summed E-state index contributed by atoms with van der Waals surface area (Å²) in [6.07, 6.45) is 1.71. The zero-order valence-corrected chi connectivity index (χ0v) is 17.0. The van der Waals surface area contributed by atoms with Crippen molar-refractivity contribution in [1.82, 2.24) is 25.6 Å². The van der Waals surface area contributed by atoms with Crippen LogP contribution >= 0.6 is 11.8 Å². The van der Waals surface area contributed by atoms with Crippen LogP contribution in [0.2, 0.25) is 0 Å². The van der Waals surface area contributed by atoms with Crippen LogP contribution in [0.5, 0.6) is 0 Å². The summed E-state index contributed by atoms with van der Waals surface area (Å²) in [5, 5.41) is 19.6. The first-order valence-corrected chi connectivity index (χ1v) is 10.0. The number of non-ortho nitro benzene ring substituents is 1. The molecule has 158 valence electrons. The summed E-state index contributed by atoms with van der Waals surface area (Å²) in [6.45, 7) is 4.22. The Morgan fingerprint density at radius 1 is 1.10 bits per heavy atom. The Balaban J connectivity index is 1.57. The number of thioether (sulfide) groups is 1. The summed E-state index contributed by atoms with van der Waals surface area (Å²) in [6, 6.07) is 14.6. The number of nitro groups is 1. The molecule has 0 aliphatic carbocycles. The van der Waals surface area contributed by atoms with Crippen LogP contribution in [0.1, 0.15) is 10.4 Å². The van der Waals surface area contributed by atoms with E-state index in [4.69, 9.17) is 0 Å². The van der Waals surface area contributed by atoms with Gasteiger partial charge >= 0.3 is 0 Å². The highest BCUT2D eigenvalue weighted by molar-refractivity contribution is 7.99. The van der Waals surface area contributed by atoms with E-state index in [9.17, 15) is 19.7 Å². The van der Waals surface area contributed by atoms with Crippen LogP contribution in [0.15, 0.2) is 72.4 Å². The van der Waals surface area contributed by atoms with Crippen LogP contribution in [0.4, 0.5) is 5.69 Å². The minimum atomic E-state index is -0.588. The van der Waals surface area contributed by atoms with Gasteiger partial charge in [-0.1, -0.05) is 48.2 Å². The maximum absolute atomic E-state index is 12.1. The van der Waals surface area contributed by atoms with Gasteiger partial charge in [0.15, 0.2) is 11.0 Å². The normalized spacial score (nSPS) is 10.3. The fourth-order valence-electron chi connectivity index (χ4n) is 2.59. The van der Waals surface area contributed by atoms with Crippen LogP contribution in [-0.4, -0.2) is 37.3 Å². The van der Waals surface area contributed by atoms with E-state index >= 15 is 0 Å². The van der Waals surface area contributed by atoms with Gasteiger partial charge in [-0.2, -0.15) is 0 Å². The van der Waals surface area contributed by atoms with Crippen LogP contribution in [0.3, 0.4) is 0 Å². The van der Waals surface area contributed by atoms with Crippen LogP contribution < -0.4 is 10.9 Å². The van der Waals surface area contributed by atoms with E-state index in [0.717, 1.165) is 5.56 Å². The van der Waals surface area contributed by atoms with E-state index in [1.807, 2.05) is 34.9 Å². The first kappa shape index (κ1) is 21.7. The van der Waals surface area contributed by atoms with Crippen molar-refractivity contribution in [3.05, 3.63) is 82.9 Å². The van der Waals surface area contributed by atoms with Crippen LogP contribution in [0, 0.1) is 10.1 Å². The molecule has 2 aromatic carbocycles. The highest BCUT2D eigenvalue weighted by Gasteiger charge is 2.15. The number of hydrogen-bond donors (Lipinski definition) is 2. The number of benzene rings is 2. The van der Waals surface area contributed by atoms with Gasteiger partial charge in [0.25, 0.3) is 11.6 Å². The van der Waals surface area contributed by atoms with Gasteiger partial charge in [0.05, 0.1) is 10.7 Å². The van der Waals surface area contributed by atoms with E-state index in [1.165, 1.54) is 36.0 Å². The number of hydrazine groups is 1. The second-order valence-corrected chi connectivity index (χ2v) is 7.11. The molecule has 0 unspecified atom stereocenters. The molecule has 11 heteroatoms. The number of amides is 2. The molecule has 3 aromatic rings. The maximum Gasteiger partial charge on any atom is 0.269 e. The lowest BCUT2D eigenvalue weighted by atomic mass is 10.2. The van der Waals surface area contributed by atoms with Crippen molar-refractivity contribution in [2.45, 2.75) is 11.7 Å². The SMILES string of the molecule is C=CCn1c(SCC(=O)NNC(=O)c2ccc([N+](=O)[O-])cc2)nnc1-c1ccccc1. The van der Waals surface area contributed by atoms with E-state index in [-0.39, 0.29) is 17.0 Å². The fraction of sp³-hybridized carbons (Fsp3) is 0.100. The van der Waals surface area contributed by atoms with Crippen LogP contribution in [0.25, 0.3) is 11.4 Å². The standard InChI is InChI=1S/C20H18N6O4S/c1-2-12-25-18(14-6-4-3-5-7-14)22-24-20(25)31-13-17(27)21-23-19(28)15-8-10-16(11-9-15)26(29)30/h2-11H,1,12-13H2,(H,21,27)(H,23,28). The number of carbonyl (C=O) groups is 2. The number of allylic oxidation sites excluding steroid dienone is 1. The monoisotopic (exact) mass is 438 g/mol. The molecule has 1 heterocycles. The molecule has 0 radical (unpaired) electrons. The Morgan fingerprint density at radius 3 is 2.45 bits per heavy atom. The van der Waals surface area contributed by atoms with E-state index in [2.05, 4.69) is 27.6 Å². The topological polar surface area (TPSA) is 132 Å². The molecule has 2 N–H and O–H groups in total. The fourth-order valence-corrected chi connectivity index (χ4v) is 3.34. The van der Waals surface area contributed by atoms with Crippen molar-refractivity contribution in [1.29, 1.82) is 0 Å². The van der Waals surface area contributed by atoms with Gasteiger partial charge in [0, 0.05) is 29.8 Å². The minimum Gasteiger partial charge on any atom is -0.298 e. The van der Waals surface area contributed by atoms with Gasteiger partial charge in [-0.15, -0.1) is 16.8 Å². The molecule has 0 spiro atoms. The molecular formula is C20H18N6O4S. The predicted molar refractivity (Wildman–Crippen MR) is 115 cm³/mol. The average Bonchev–Trinajstić information content (AvgIpc) is 3.19. The molecule has 0 saturated carbocycles. The zero-order chi connectivity index (χ0) is 22.2. The smallest absolute Gasteiger partial charge is 0.269 e. The molecule has 1 aromatic heterocycles. The van der Waals surface area contributed by atoms with E-state index < -0.39 is 16.7 Å².